The Morgan fingerprint density at radius 2 is 2.00 bits per heavy atom. The maximum absolute atomic E-state index is 12.7. The van der Waals surface area contributed by atoms with E-state index in [1.165, 1.54) is 0 Å². The minimum absolute atomic E-state index is 0.00131. The summed E-state index contributed by atoms with van der Waals surface area (Å²) in [6.07, 6.45) is 0. The number of Topliss-reactive ketones (excluding diaryl/α,β-unsaturated/α-hetero) is 1. The summed E-state index contributed by atoms with van der Waals surface area (Å²) in [5.41, 5.74) is 2.74. The smallest absolute Gasteiger partial charge is 0.291 e. The number of benzene rings is 2. The van der Waals surface area contributed by atoms with Crippen molar-refractivity contribution >= 4 is 46.0 Å². The third-order valence-electron chi connectivity index (χ3n) is 4.14. The van der Waals surface area contributed by atoms with Crippen molar-refractivity contribution in [3.63, 3.8) is 0 Å². The van der Waals surface area contributed by atoms with Gasteiger partial charge in [-0.2, -0.15) is 0 Å². The van der Waals surface area contributed by atoms with Crippen molar-refractivity contribution in [2.45, 2.75) is 13.1 Å². The molecule has 0 unspecified atom stereocenters. The number of aromatic nitrogens is 2. The molecule has 0 radical (unpaired) electrons. The van der Waals surface area contributed by atoms with Crippen molar-refractivity contribution in [2.24, 2.45) is 0 Å². The molecule has 0 atom stereocenters. The van der Waals surface area contributed by atoms with E-state index in [1.54, 1.807) is 18.2 Å². The summed E-state index contributed by atoms with van der Waals surface area (Å²) in [7, 11) is 0. The second kappa shape index (κ2) is 5.55. The first kappa shape index (κ1) is 14.5. The first-order valence-electron chi connectivity index (χ1n) is 7.38. The van der Waals surface area contributed by atoms with E-state index in [1.807, 2.05) is 22.8 Å². The predicted octanol–water partition coefficient (Wildman–Crippen LogP) is 3.54. The molecule has 0 saturated heterocycles. The molecule has 0 spiro atoms. The zero-order valence-corrected chi connectivity index (χ0v) is 13.7. The number of para-hydroxylation sites is 2. The quantitative estimate of drug-likeness (QED) is 0.581. The molecule has 0 amide bonds. The normalized spacial score (nSPS) is 13.1. The summed E-state index contributed by atoms with van der Waals surface area (Å²) >= 11 is 11.9. The zero-order valence-electron chi connectivity index (χ0n) is 12.2. The topological polar surface area (TPSA) is 37.9 Å². The van der Waals surface area contributed by atoms with Crippen LogP contribution in [0.2, 0.25) is 10.0 Å². The van der Waals surface area contributed by atoms with E-state index in [-0.39, 0.29) is 12.3 Å². The van der Waals surface area contributed by atoms with Gasteiger partial charge in [0, 0.05) is 5.56 Å². The summed E-state index contributed by atoms with van der Waals surface area (Å²) in [6.45, 7) is 2.04. The van der Waals surface area contributed by atoms with E-state index in [2.05, 4.69) is 16.0 Å². The first-order valence-corrected chi connectivity index (χ1v) is 8.14. The van der Waals surface area contributed by atoms with Crippen LogP contribution in [-0.4, -0.2) is 16.9 Å². The minimum Gasteiger partial charge on any atom is -0.291 e. The highest BCUT2D eigenvalue weighted by Crippen LogP contribution is 2.24. The van der Waals surface area contributed by atoms with Gasteiger partial charge >= 0.3 is 5.95 Å². The van der Waals surface area contributed by atoms with Gasteiger partial charge in [-0.05, 0) is 30.3 Å². The van der Waals surface area contributed by atoms with Crippen LogP contribution in [-0.2, 0) is 13.1 Å². The largest absolute Gasteiger partial charge is 0.359 e. The Morgan fingerprint density at radius 3 is 2.83 bits per heavy atom. The molecule has 23 heavy (non-hydrogen) atoms. The van der Waals surface area contributed by atoms with Gasteiger partial charge in [-0.3, -0.25) is 10.1 Å². The number of anilines is 1. The van der Waals surface area contributed by atoms with Crippen molar-refractivity contribution in [2.75, 3.05) is 11.9 Å². The Labute approximate surface area is 143 Å². The third-order valence-corrected chi connectivity index (χ3v) is 4.88. The van der Waals surface area contributed by atoms with Gasteiger partial charge in [0.15, 0.2) is 5.78 Å². The number of carbonyl (C=O) groups is 1. The lowest BCUT2D eigenvalue weighted by molar-refractivity contribution is -0.644. The number of fused-ring (bicyclic) bond motifs is 3. The average molecular weight is 347 g/mol. The molecule has 116 valence electrons. The Balaban J connectivity index is 1.75. The average Bonchev–Trinajstić information content (AvgIpc) is 3.13. The number of halogens is 2. The van der Waals surface area contributed by atoms with Crippen LogP contribution in [0.1, 0.15) is 10.4 Å². The van der Waals surface area contributed by atoms with Crippen LogP contribution in [0.5, 0.6) is 0 Å². The molecule has 4 rings (SSSR count). The highest BCUT2D eigenvalue weighted by Gasteiger charge is 2.29. The predicted molar refractivity (Wildman–Crippen MR) is 91.4 cm³/mol. The standard InChI is InChI=1S/C17H13Cl2N3O/c18-12-6-5-11(9-13(12)19)16(23)10-22-15-4-2-1-3-14(15)21-8-7-20-17(21)22/h1-6,9H,7-8,10H2/p+1. The molecule has 1 N–H and O–H groups in total. The Kier molecular flexibility index (Phi) is 3.51. The molecule has 2 aromatic carbocycles. The highest BCUT2D eigenvalue weighted by molar-refractivity contribution is 6.42. The van der Waals surface area contributed by atoms with Gasteiger partial charge in [-0.15, -0.1) is 0 Å². The third kappa shape index (κ3) is 2.38. The Morgan fingerprint density at radius 1 is 1.17 bits per heavy atom. The SMILES string of the molecule is O=C(Cn1c2[n+](c3ccccc31)CCN2)c1ccc(Cl)c(Cl)c1. The van der Waals surface area contributed by atoms with Gasteiger partial charge in [0.05, 0.1) is 16.6 Å². The van der Waals surface area contributed by atoms with E-state index in [9.17, 15) is 4.79 Å². The van der Waals surface area contributed by atoms with Gasteiger partial charge in [0.25, 0.3) is 0 Å². The highest BCUT2D eigenvalue weighted by atomic mass is 35.5. The fraction of sp³-hybridized carbons (Fsp3) is 0.176. The van der Waals surface area contributed by atoms with E-state index in [0.29, 0.717) is 15.6 Å². The molecule has 1 aliphatic rings. The summed E-state index contributed by atoms with van der Waals surface area (Å²) < 4.78 is 4.23. The van der Waals surface area contributed by atoms with Gasteiger partial charge in [0.2, 0.25) is 0 Å². The van der Waals surface area contributed by atoms with Crippen LogP contribution in [0.3, 0.4) is 0 Å². The molecule has 0 bridgehead atoms. The summed E-state index contributed by atoms with van der Waals surface area (Å²) in [5, 5.41) is 4.21. The van der Waals surface area contributed by atoms with Crippen molar-refractivity contribution in [3.8, 4) is 0 Å². The van der Waals surface area contributed by atoms with E-state index < -0.39 is 0 Å². The molecule has 1 aliphatic heterocycles. The molecule has 0 fully saturated rings. The minimum atomic E-state index is 0.00131. The molecule has 0 saturated carbocycles. The van der Waals surface area contributed by atoms with E-state index in [4.69, 9.17) is 23.2 Å². The second-order valence-corrected chi connectivity index (χ2v) is 6.34. The number of carbonyl (C=O) groups excluding carboxylic acids is 1. The summed E-state index contributed by atoms with van der Waals surface area (Å²) in [5.74, 6) is 0.973. The van der Waals surface area contributed by atoms with Crippen molar-refractivity contribution < 1.29 is 9.36 Å². The van der Waals surface area contributed by atoms with Gasteiger partial charge in [-0.1, -0.05) is 35.3 Å². The molecule has 3 aromatic rings. The molecular weight excluding hydrogens is 333 g/mol. The number of ketones is 1. The Bertz CT molecular complexity index is 933. The van der Waals surface area contributed by atoms with E-state index in [0.717, 1.165) is 30.1 Å². The van der Waals surface area contributed by atoms with E-state index >= 15 is 0 Å². The molecule has 2 heterocycles. The maximum atomic E-state index is 12.7. The van der Waals surface area contributed by atoms with Crippen molar-refractivity contribution in [1.29, 1.82) is 0 Å². The fourth-order valence-electron chi connectivity index (χ4n) is 3.06. The van der Waals surface area contributed by atoms with Crippen LogP contribution in [0.25, 0.3) is 11.0 Å². The van der Waals surface area contributed by atoms with Gasteiger partial charge in [0.1, 0.15) is 24.1 Å². The van der Waals surface area contributed by atoms with Crippen LogP contribution >= 0.6 is 23.2 Å². The summed E-state index contributed by atoms with van der Waals surface area (Å²) in [4.78, 5) is 12.7. The van der Waals surface area contributed by atoms with Crippen molar-refractivity contribution in [1.82, 2.24) is 4.57 Å². The number of hydrogen-bond acceptors (Lipinski definition) is 2. The lowest BCUT2D eigenvalue weighted by Crippen LogP contribution is -2.29. The van der Waals surface area contributed by atoms with Crippen molar-refractivity contribution in [3.05, 3.63) is 58.1 Å². The maximum Gasteiger partial charge on any atom is 0.359 e. The summed E-state index contributed by atoms with van der Waals surface area (Å²) in [6, 6.07) is 13.1. The Hall–Kier alpha value is -2.04. The monoisotopic (exact) mass is 346 g/mol. The number of nitrogens with zero attached hydrogens (tertiary/aromatic N) is 2. The number of rotatable bonds is 3. The van der Waals surface area contributed by atoms with Crippen LogP contribution in [0.15, 0.2) is 42.5 Å². The van der Waals surface area contributed by atoms with Crippen LogP contribution in [0.4, 0.5) is 5.95 Å². The first-order chi connectivity index (χ1) is 11.1. The fourth-order valence-corrected chi connectivity index (χ4v) is 3.35. The van der Waals surface area contributed by atoms with Crippen LogP contribution < -0.4 is 9.88 Å². The van der Waals surface area contributed by atoms with Gasteiger partial charge in [-0.25, -0.2) is 9.13 Å². The van der Waals surface area contributed by atoms with Gasteiger partial charge < -0.3 is 0 Å². The number of nitrogens with one attached hydrogen (secondary N) is 1. The molecular formula is C17H14Cl2N3O+. The molecule has 0 aliphatic carbocycles. The molecule has 1 aromatic heterocycles. The molecule has 6 heteroatoms. The zero-order chi connectivity index (χ0) is 16.0. The van der Waals surface area contributed by atoms with Crippen LogP contribution in [0, 0.1) is 0 Å². The molecule has 4 nitrogen and oxygen atoms in total. The second-order valence-electron chi connectivity index (χ2n) is 5.53. The number of imidazole rings is 1. The number of hydrogen-bond donors (Lipinski definition) is 1. The lowest BCUT2D eigenvalue weighted by Gasteiger charge is -2.04. The lowest BCUT2D eigenvalue weighted by atomic mass is 10.1.